The minimum Gasteiger partial charge on any atom is -0.492 e. The van der Waals surface area contributed by atoms with Crippen LogP contribution in [0.15, 0.2) is 54.9 Å². The number of likely N-dealkylation sites (tertiary alicyclic amines) is 1. The second-order valence-electron chi connectivity index (χ2n) is 10.5. The van der Waals surface area contributed by atoms with Gasteiger partial charge in [-0.1, -0.05) is 12.1 Å². The number of hydrogen-bond acceptors (Lipinski definition) is 6. The van der Waals surface area contributed by atoms with Crippen molar-refractivity contribution in [2.75, 3.05) is 20.2 Å². The molecule has 1 atom stereocenters. The normalized spacial score (nSPS) is 18.2. The Morgan fingerprint density at radius 3 is 2.61 bits per heavy atom. The molecule has 7 nitrogen and oxygen atoms in total. The highest BCUT2D eigenvalue weighted by atomic mass is 19.1. The van der Waals surface area contributed by atoms with E-state index in [1.165, 1.54) is 0 Å². The van der Waals surface area contributed by atoms with Crippen LogP contribution in [0, 0.1) is 19.7 Å². The van der Waals surface area contributed by atoms with Crippen molar-refractivity contribution in [3.63, 3.8) is 0 Å². The number of halogens is 1. The largest absolute Gasteiger partial charge is 0.492 e. The molecule has 1 saturated carbocycles. The van der Waals surface area contributed by atoms with Crippen LogP contribution in [-0.2, 0) is 5.54 Å². The monoisotopic (exact) mass is 511 g/mol. The quantitative estimate of drug-likeness (QED) is 0.378. The molecule has 4 aromatic rings. The highest BCUT2D eigenvalue weighted by Gasteiger charge is 2.47. The number of pyridine rings is 1. The van der Waals surface area contributed by atoms with Crippen molar-refractivity contribution < 1.29 is 13.9 Å². The minimum absolute atomic E-state index is 0.136. The molecule has 1 aliphatic heterocycles. The predicted octanol–water partition coefficient (Wildman–Crippen LogP) is 4.95. The fourth-order valence-electron chi connectivity index (χ4n) is 5.10. The third kappa shape index (κ3) is 4.60. The molecule has 2 aromatic carbocycles. The van der Waals surface area contributed by atoms with Crippen LogP contribution >= 0.6 is 0 Å². The lowest BCUT2D eigenvalue weighted by Crippen LogP contribution is -2.48. The maximum atomic E-state index is 13.6. The fraction of sp³-hybridized carbons (Fsp3) is 0.333. The van der Waals surface area contributed by atoms with E-state index in [4.69, 9.17) is 9.72 Å². The number of amides is 1. The zero-order valence-electron chi connectivity index (χ0n) is 21.8. The second kappa shape index (κ2) is 9.44. The Morgan fingerprint density at radius 2 is 1.92 bits per heavy atom. The summed E-state index contributed by atoms with van der Waals surface area (Å²) in [7, 11) is 2.10. The summed E-state index contributed by atoms with van der Waals surface area (Å²) in [6.45, 7) is 5.58. The van der Waals surface area contributed by atoms with Crippen LogP contribution < -0.4 is 10.1 Å². The van der Waals surface area contributed by atoms with Gasteiger partial charge in [-0.3, -0.25) is 14.7 Å². The molecule has 0 spiro atoms. The van der Waals surface area contributed by atoms with Gasteiger partial charge in [0.2, 0.25) is 0 Å². The lowest BCUT2D eigenvalue weighted by Gasteiger charge is -2.37. The van der Waals surface area contributed by atoms with Crippen molar-refractivity contribution in [1.29, 1.82) is 0 Å². The molecule has 3 heterocycles. The van der Waals surface area contributed by atoms with Crippen LogP contribution in [0.2, 0.25) is 0 Å². The number of fused-ring (bicyclic) bond motifs is 1. The van der Waals surface area contributed by atoms with Gasteiger partial charge in [-0.25, -0.2) is 14.4 Å². The molecule has 6 rings (SSSR count). The zero-order valence-corrected chi connectivity index (χ0v) is 21.8. The summed E-state index contributed by atoms with van der Waals surface area (Å²) in [5.41, 5.74) is 4.35. The SMILES string of the molecule is Cc1ccc2c(C3(NC(=O)c4cc(OC[C@@H]5CCN5C)ccc4C)CC3)cc(-c3ncc(F)cn3)cc2n1. The van der Waals surface area contributed by atoms with Gasteiger partial charge in [0.1, 0.15) is 12.4 Å². The molecule has 0 radical (unpaired) electrons. The number of likely N-dealkylation sites (N-methyl/N-ethyl adjacent to an activating group) is 1. The summed E-state index contributed by atoms with van der Waals surface area (Å²) in [5, 5.41) is 4.30. The molecule has 2 fully saturated rings. The number of rotatable bonds is 7. The molecule has 0 unspecified atom stereocenters. The van der Waals surface area contributed by atoms with E-state index in [0.717, 1.165) is 71.5 Å². The first-order chi connectivity index (χ1) is 18.3. The smallest absolute Gasteiger partial charge is 0.252 e. The number of hydrogen-bond donors (Lipinski definition) is 1. The van der Waals surface area contributed by atoms with Gasteiger partial charge in [0.15, 0.2) is 11.6 Å². The van der Waals surface area contributed by atoms with Crippen molar-refractivity contribution in [1.82, 2.24) is 25.2 Å². The van der Waals surface area contributed by atoms with Crippen LogP contribution in [0.4, 0.5) is 4.39 Å². The Labute approximate surface area is 221 Å². The summed E-state index contributed by atoms with van der Waals surface area (Å²) < 4.78 is 19.5. The fourth-order valence-corrected chi connectivity index (χ4v) is 5.10. The standard InChI is InChI=1S/C30H30FN5O2/c1-18-4-6-23(38-17-22-8-11-36(22)3)14-25(18)29(37)35-30(9-10-30)26-12-20(28-32-15-21(31)16-33-28)13-27-24(26)7-5-19(2)34-27/h4-7,12-16,22H,8-11,17H2,1-3H3,(H,35,37)/t22-/m0/s1. The van der Waals surface area contributed by atoms with Gasteiger partial charge in [-0.05, 0) is 88.2 Å². The summed E-state index contributed by atoms with van der Waals surface area (Å²) in [6.07, 6.45) is 5.05. The predicted molar refractivity (Wildman–Crippen MR) is 144 cm³/mol. The zero-order chi connectivity index (χ0) is 26.4. The first-order valence-corrected chi connectivity index (χ1v) is 13.0. The Balaban J connectivity index is 1.32. The van der Waals surface area contributed by atoms with E-state index >= 15 is 0 Å². The number of carbonyl (C=O) groups excluding carboxylic acids is 1. The molecule has 1 aliphatic carbocycles. The summed E-state index contributed by atoms with van der Waals surface area (Å²) in [4.78, 5) is 29.0. The van der Waals surface area contributed by atoms with Gasteiger partial charge < -0.3 is 10.1 Å². The highest BCUT2D eigenvalue weighted by molar-refractivity contribution is 5.98. The van der Waals surface area contributed by atoms with E-state index in [1.54, 1.807) is 0 Å². The maximum absolute atomic E-state index is 13.6. The summed E-state index contributed by atoms with van der Waals surface area (Å²) in [5.74, 6) is 0.489. The number of nitrogens with one attached hydrogen (secondary N) is 1. The van der Waals surface area contributed by atoms with Crippen molar-refractivity contribution in [3.8, 4) is 17.1 Å². The van der Waals surface area contributed by atoms with E-state index in [0.29, 0.717) is 29.8 Å². The third-order valence-corrected chi connectivity index (χ3v) is 7.78. The topological polar surface area (TPSA) is 80.2 Å². The van der Waals surface area contributed by atoms with Crippen LogP contribution in [0.1, 0.15) is 46.4 Å². The Kier molecular flexibility index (Phi) is 6.07. The second-order valence-corrected chi connectivity index (χ2v) is 10.5. The summed E-state index contributed by atoms with van der Waals surface area (Å²) >= 11 is 0. The number of benzene rings is 2. The third-order valence-electron chi connectivity index (χ3n) is 7.78. The van der Waals surface area contributed by atoms with Gasteiger partial charge in [0.05, 0.1) is 23.4 Å². The van der Waals surface area contributed by atoms with Gasteiger partial charge in [-0.15, -0.1) is 0 Å². The van der Waals surface area contributed by atoms with Crippen LogP contribution in [-0.4, -0.2) is 52.0 Å². The molecule has 1 N–H and O–H groups in total. The number of carbonyl (C=O) groups is 1. The van der Waals surface area contributed by atoms with Gasteiger partial charge in [-0.2, -0.15) is 0 Å². The molecule has 1 saturated heterocycles. The van der Waals surface area contributed by atoms with Crippen LogP contribution in [0.25, 0.3) is 22.3 Å². The number of ether oxygens (including phenoxy) is 1. The molecule has 2 aliphatic rings. The first kappa shape index (κ1) is 24.4. The average Bonchev–Trinajstić information content (AvgIpc) is 3.68. The van der Waals surface area contributed by atoms with Crippen molar-refractivity contribution in [3.05, 3.63) is 83.1 Å². The van der Waals surface area contributed by atoms with Crippen molar-refractivity contribution in [2.45, 2.75) is 44.7 Å². The van der Waals surface area contributed by atoms with Crippen LogP contribution in [0.3, 0.4) is 0 Å². The highest BCUT2D eigenvalue weighted by Crippen LogP contribution is 2.49. The van der Waals surface area contributed by atoms with E-state index in [-0.39, 0.29) is 5.91 Å². The molecule has 1 amide bonds. The lowest BCUT2D eigenvalue weighted by atomic mass is 9.95. The molecule has 38 heavy (non-hydrogen) atoms. The molecule has 8 heteroatoms. The van der Waals surface area contributed by atoms with E-state index < -0.39 is 11.4 Å². The number of nitrogens with zero attached hydrogens (tertiary/aromatic N) is 4. The Bertz CT molecular complexity index is 1530. The average molecular weight is 512 g/mol. The van der Waals surface area contributed by atoms with E-state index in [2.05, 4.69) is 27.2 Å². The summed E-state index contributed by atoms with van der Waals surface area (Å²) in [6, 6.07) is 14.1. The number of aromatic nitrogens is 3. The van der Waals surface area contributed by atoms with Crippen LogP contribution in [0.5, 0.6) is 5.75 Å². The van der Waals surface area contributed by atoms with E-state index in [9.17, 15) is 9.18 Å². The van der Waals surface area contributed by atoms with Gasteiger partial charge >= 0.3 is 0 Å². The number of aryl methyl sites for hydroxylation is 2. The maximum Gasteiger partial charge on any atom is 0.252 e. The molecule has 194 valence electrons. The molecular weight excluding hydrogens is 481 g/mol. The van der Waals surface area contributed by atoms with Gasteiger partial charge in [0.25, 0.3) is 5.91 Å². The minimum atomic E-state index is -0.528. The van der Waals surface area contributed by atoms with Gasteiger partial charge in [0, 0.05) is 28.2 Å². The Morgan fingerprint density at radius 1 is 1.13 bits per heavy atom. The molecule has 2 aromatic heterocycles. The molecule has 0 bridgehead atoms. The van der Waals surface area contributed by atoms with Crippen molar-refractivity contribution in [2.24, 2.45) is 0 Å². The first-order valence-electron chi connectivity index (χ1n) is 13.0. The van der Waals surface area contributed by atoms with Crippen molar-refractivity contribution >= 4 is 16.8 Å². The Hall–Kier alpha value is -3.91. The lowest BCUT2D eigenvalue weighted by molar-refractivity contribution is 0.0767. The van der Waals surface area contributed by atoms with E-state index in [1.807, 2.05) is 56.3 Å². The molecular formula is C30H30FN5O2.